The third-order valence-electron chi connectivity index (χ3n) is 4.48. The molecule has 1 aromatic carbocycles. The lowest BCUT2D eigenvalue weighted by Gasteiger charge is -2.35. The highest BCUT2D eigenvalue weighted by atomic mass is 16.5. The minimum Gasteiger partial charge on any atom is -0.496 e. The molecule has 0 aromatic heterocycles. The maximum atomic E-state index is 12.3. The van der Waals surface area contributed by atoms with Gasteiger partial charge in [-0.1, -0.05) is 18.2 Å². The number of amides is 1. The van der Waals surface area contributed by atoms with Gasteiger partial charge in [-0.3, -0.25) is 9.69 Å². The van der Waals surface area contributed by atoms with E-state index >= 15 is 0 Å². The molecule has 5 nitrogen and oxygen atoms in total. The molecule has 0 spiro atoms. The molecule has 0 bridgehead atoms. The highest BCUT2D eigenvalue weighted by molar-refractivity contribution is 5.81. The number of para-hydroxylation sites is 1. The molecule has 0 N–H and O–H groups in total. The molecule has 1 aromatic rings. The van der Waals surface area contributed by atoms with Crippen molar-refractivity contribution in [3.05, 3.63) is 29.8 Å². The van der Waals surface area contributed by atoms with Crippen LogP contribution in [0.15, 0.2) is 24.3 Å². The summed E-state index contributed by atoms with van der Waals surface area (Å²) in [5.74, 6) is 1.11. The molecule has 2 fully saturated rings. The predicted molar refractivity (Wildman–Crippen MR) is 83.8 cm³/mol. The van der Waals surface area contributed by atoms with E-state index in [9.17, 15) is 4.79 Å². The van der Waals surface area contributed by atoms with Crippen LogP contribution in [-0.4, -0.2) is 61.7 Å². The van der Waals surface area contributed by atoms with Gasteiger partial charge < -0.3 is 14.4 Å². The van der Waals surface area contributed by atoms with Gasteiger partial charge in [0.05, 0.1) is 7.11 Å². The molecule has 2 aliphatic heterocycles. The summed E-state index contributed by atoms with van der Waals surface area (Å²) in [4.78, 5) is 16.7. The van der Waals surface area contributed by atoms with E-state index < -0.39 is 0 Å². The first-order valence-corrected chi connectivity index (χ1v) is 8.02. The van der Waals surface area contributed by atoms with Crippen molar-refractivity contribution in [2.75, 3.05) is 39.9 Å². The molecule has 1 amide bonds. The van der Waals surface area contributed by atoms with Crippen molar-refractivity contribution in [3.63, 3.8) is 0 Å². The van der Waals surface area contributed by atoms with Crippen LogP contribution in [0.2, 0.25) is 0 Å². The van der Waals surface area contributed by atoms with E-state index in [1.54, 1.807) is 7.11 Å². The minimum absolute atomic E-state index is 0.175. The number of hydrogen-bond donors (Lipinski definition) is 0. The van der Waals surface area contributed by atoms with E-state index in [-0.39, 0.29) is 12.0 Å². The van der Waals surface area contributed by atoms with Crippen LogP contribution in [0.25, 0.3) is 0 Å². The average Bonchev–Trinajstić information content (AvgIpc) is 3.10. The lowest BCUT2D eigenvalue weighted by Crippen LogP contribution is -2.51. The Bertz CT molecular complexity index is 506. The Morgan fingerprint density at radius 2 is 2.05 bits per heavy atom. The first-order valence-electron chi connectivity index (χ1n) is 8.02. The summed E-state index contributed by atoms with van der Waals surface area (Å²) in [5.41, 5.74) is 1.20. The Hall–Kier alpha value is -1.59. The molecule has 120 valence electrons. The number of nitrogens with zero attached hydrogens (tertiary/aromatic N) is 2. The quantitative estimate of drug-likeness (QED) is 0.846. The van der Waals surface area contributed by atoms with Crippen LogP contribution in [0.3, 0.4) is 0 Å². The molecule has 1 atom stereocenters. The number of carbonyl (C=O) groups is 1. The van der Waals surface area contributed by atoms with Crippen molar-refractivity contribution in [2.24, 2.45) is 0 Å². The lowest BCUT2D eigenvalue weighted by molar-refractivity contribution is -0.142. The van der Waals surface area contributed by atoms with Gasteiger partial charge >= 0.3 is 0 Å². The van der Waals surface area contributed by atoms with Crippen molar-refractivity contribution in [1.29, 1.82) is 0 Å². The number of hydrogen-bond acceptors (Lipinski definition) is 4. The van der Waals surface area contributed by atoms with Gasteiger partial charge in [0, 0.05) is 44.9 Å². The van der Waals surface area contributed by atoms with E-state index in [0.717, 1.165) is 57.9 Å². The third-order valence-corrected chi connectivity index (χ3v) is 4.48. The summed E-state index contributed by atoms with van der Waals surface area (Å²) < 4.78 is 10.9. The second kappa shape index (κ2) is 7.11. The SMILES string of the molecule is COc1ccccc1CN1CCN(C(=O)C2CCCO2)CC1. The van der Waals surface area contributed by atoms with Crippen LogP contribution in [0.1, 0.15) is 18.4 Å². The van der Waals surface area contributed by atoms with E-state index in [2.05, 4.69) is 11.0 Å². The molecule has 0 saturated carbocycles. The van der Waals surface area contributed by atoms with Crippen LogP contribution < -0.4 is 4.74 Å². The van der Waals surface area contributed by atoms with Crippen LogP contribution in [0, 0.1) is 0 Å². The first-order chi connectivity index (χ1) is 10.8. The maximum Gasteiger partial charge on any atom is 0.251 e. The van der Waals surface area contributed by atoms with Crippen molar-refractivity contribution in [3.8, 4) is 5.75 Å². The molecule has 0 aliphatic carbocycles. The fourth-order valence-electron chi connectivity index (χ4n) is 3.18. The summed E-state index contributed by atoms with van der Waals surface area (Å²) in [6.45, 7) is 4.96. The van der Waals surface area contributed by atoms with E-state index in [4.69, 9.17) is 9.47 Å². The van der Waals surface area contributed by atoms with Gasteiger partial charge in [-0.15, -0.1) is 0 Å². The predicted octanol–water partition coefficient (Wildman–Crippen LogP) is 1.52. The van der Waals surface area contributed by atoms with Crippen LogP contribution in [0.5, 0.6) is 5.75 Å². The molecule has 2 heterocycles. The normalized spacial score (nSPS) is 22.8. The Morgan fingerprint density at radius 3 is 2.73 bits per heavy atom. The fraction of sp³-hybridized carbons (Fsp3) is 0.588. The molecule has 0 radical (unpaired) electrons. The second-order valence-corrected chi connectivity index (χ2v) is 5.91. The summed E-state index contributed by atoms with van der Waals surface area (Å²) in [7, 11) is 1.71. The Labute approximate surface area is 131 Å². The number of ether oxygens (including phenoxy) is 2. The summed E-state index contributed by atoms with van der Waals surface area (Å²) >= 11 is 0. The molecule has 2 aliphatic rings. The summed E-state index contributed by atoms with van der Waals surface area (Å²) in [5, 5.41) is 0. The molecular formula is C17H24N2O3. The highest BCUT2D eigenvalue weighted by Crippen LogP contribution is 2.21. The number of piperazine rings is 1. The van der Waals surface area contributed by atoms with Crippen LogP contribution in [-0.2, 0) is 16.1 Å². The van der Waals surface area contributed by atoms with Crippen LogP contribution in [0.4, 0.5) is 0 Å². The molecule has 3 rings (SSSR count). The lowest BCUT2D eigenvalue weighted by atomic mass is 10.1. The van der Waals surface area contributed by atoms with Crippen LogP contribution >= 0.6 is 0 Å². The maximum absolute atomic E-state index is 12.3. The van der Waals surface area contributed by atoms with Gasteiger partial charge in [0.1, 0.15) is 11.9 Å². The highest BCUT2D eigenvalue weighted by Gasteiger charge is 2.30. The summed E-state index contributed by atoms with van der Waals surface area (Å²) in [6, 6.07) is 8.12. The number of methoxy groups -OCH3 is 1. The van der Waals surface area contributed by atoms with Gasteiger partial charge in [-0.25, -0.2) is 0 Å². The Morgan fingerprint density at radius 1 is 1.27 bits per heavy atom. The van der Waals surface area contributed by atoms with E-state index in [1.807, 2.05) is 23.1 Å². The monoisotopic (exact) mass is 304 g/mol. The fourth-order valence-corrected chi connectivity index (χ4v) is 3.18. The molecule has 1 unspecified atom stereocenters. The first kappa shape index (κ1) is 15.3. The van der Waals surface area contributed by atoms with E-state index in [0.29, 0.717) is 0 Å². The largest absolute Gasteiger partial charge is 0.496 e. The number of rotatable bonds is 4. The topological polar surface area (TPSA) is 42.0 Å². The third kappa shape index (κ3) is 3.42. The number of carbonyl (C=O) groups excluding carboxylic acids is 1. The second-order valence-electron chi connectivity index (χ2n) is 5.91. The number of benzene rings is 1. The van der Waals surface area contributed by atoms with Gasteiger partial charge in [0.2, 0.25) is 0 Å². The van der Waals surface area contributed by atoms with Crippen molar-refractivity contribution >= 4 is 5.91 Å². The zero-order valence-electron chi connectivity index (χ0n) is 13.2. The minimum atomic E-state index is -0.194. The zero-order valence-corrected chi connectivity index (χ0v) is 13.2. The van der Waals surface area contributed by atoms with Crippen molar-refractivity contribution in [1.82, 2.24) is 9.80 Å². The van der Waals surface area contributed by atoms with Gasteiger partial charge in [0.25, 0.3) is 5.91 Å². The zero-order chi connectivity index (χ0) is 15.4. The molecule has 22 heavy (non-hydrogen) atoms. The van der Waals surface area contributed by atoms with Gasteiger partial charge in [-0.05, 0) is 18.9 Å². The molecule has 5 heteroatoms. The molecule has 2 saturated heterocycles. The van der Waals surface area contributed by atoms with Crippen molar-refractivity contribution in [2.45, 2.75) is 25.5 Å². The average molecular weight is 304 g/mol. The van der Waals surface area contributed by atoms with Gasteiger partial charge in [-0.2, -0.15) is 0 Å². The Kier molecular flexibility index (Phi) is 4.95. The Balaban J connectivity index is 1.52. The van der Waals surface area contributed by atoms with Crippen molar-refractivity contribution < 1.29 is 14.3 Å². The summed E-state index contributed by atoms with van der Waals surface area (Å²) in [6.07, 6.45) is 1.69. The standard InChI is InChI=1S/C17H24N2O3/c1-21-15-6-3-2-5-14(15)13-18-8-10-19(11-9-18)17(20)16-7-4-12-22-16/h2-3,5-6,16H,4,7-13H2,1H3. The molecular weight excluding hydrogens is 280 g/mol. The smallest absolute Gasteiger partial charge is 0.251 e. The van der Waals surface area contributed by atoms with Gasteiger partial charge in [0.15, 0.2) is 0 Å². The van der Waals surface area contributed by atoms with E-state index in [1.165, 1.54) is 5.56 Å².